The van der Waals surface area contributed by atoms with Crippen LogP contribution in [0.5, 0.6) is 0 Å². The second-order valence-corrected chi connectivity index (χ2v) is 6.57. The number of hydrogen-bond donors (Lipinski definition) is 1. The molecule has 0 amide bonds. The summed E-state index contributed by atoms with van der Waals surface area (Å²) < 4.78 is 0. The summed E-state index contributed by atoms with van der Waals surface area (Å²) in [5, 5.41) is 3.52. The van der Waals surface area contributed by atoms with Crippen molar-refractivity contribution in [1.82, 2.24) is 10.2 Å². The Bertz CT molecular complexity index is 188. The van der Waals surface area contributed by atoms with Gasteiger partial charge in [-0.05, 0) is 64.2 Å². The maximum Gasteiger partial charge on any atom is 0.000661 e. The Kier molecular flexibility index (Phi) is 8.70. The van der Waals surface area contributed by atoms with Crippen molar-refractivity contribution >= 4 is 0 Å². The Morgan fingerprint density at radius 1 is 1.11 bits per heavy atom. The fourth-order valence-electron chi connectivity index (χ4n) is 2.58. The SMILES string of the molecule is CC(C)CNCCCCCCN(C)CC1CCC1. The summed E-state index contributed by atoms with van der Waals surface area (Å²) in [6.45, 7) is 9.56. The van der Waals surface area contributed by atoms with Crippen molar-refractivity contribution in [2.24, 2.45) is 11.8 Å². The first-order valence-electron chi connectivity index (χ1n) is 8.07. The molecule has 0 heterocycles. The molecule has 2 nitrogen and oxygen atoms in total. The van der Waals surface area contributed by atoms with E-state index in [9.17, 15) is 0 Å². The van der Waals surface area contributed by atoms with Gasteiger partial charge in [0.05, 0.1) is 0 Å². The molecule has 1 N–H and O–H groups in total. The molecule has 108 valence electrons. The molecule has 0 radical (unpaired) electrons. The predicted octanol–water partition coefficient (Wildman–Crippen LogP) is 3.52. The van der Waals surface area contributed by atoms with Gasteiger partial charge in [-0.15, -0.1) is 0 Å². The zero-order chi connectivity index (χ0) is 13.2. The maximum absolute atomic E-state index is 3.52. The van der Waals surface area contributed by atoms with Gasteiger partial charge in [-0.2, -0.15) is 0 Å². The summed E-state index contributed by atoms with van der Waals surface area (Å²) in [4.78, 5) is 2.54. The average molecular weight is 254 g/mol. The largest absolute Gasteiger partial charge is 0.316 e. The normalized spacial score (nSPS) is 16.5. The lowest BCUT2D eigenvalue weighted by Gasteiger charge is -2.30. The summed E-state index contributed by atoms with van der Waals surface area (Å²) in [6, 6.07) is 0. The first-order valence-corrected chi connectivity index (χ1v) is 8.07. The minimum Gasteiger partial charge on any atom is -0.316 e. The van der Waals surface area contributed by atoms with Gasteiger partial charge in [0, 0.05) is 6.54 Å². The Labute approximate surface area is 115 Å². The Morgan fingerprint density at radius 2 is 1.83 bits per heavy atom. The van der Waals surface area contributed by atoms with E-state index in [1.807, 2.05) is 0 Å². The topological polar surface area (TPSA) is 15.3 Å². The molecule has 2 heteroatoms. The zero-order valence-corrected chi connectivity index (χ0v) is 12.9. The highest BCUT2D eigenvalue weighted by molar-refractivity contribution is 4.72. The highest BCUT2D eigenvalue weighted by Gasteiger charge is 2.18. The first-order chi connectivity index (χ1) is 8.68. The van der Waals surface area contributed by atoms with Crippen LogP contribution in [-0.4, -0.2) is 38.1 Å². The fourth-order valence-corrected chi connectivity index (χ4v) is 2.58. The minimum absolute atomic E-state index is 0.783. The first kappa shape index (κ1) is 16.0. The van der Waals surface area contributed by atoms with Crippen molar-refractivity contribution in [2.75, 3.05) is 33.2 Å². The highest BCUT2D eigenvalue weighted by Crippen LogP contribution is 2.26. The molecule has 0 atom stereocenters. The van der Waals surface area contributed by atoms with Crippen molar-refractivity contribution in [3.63, 3.8) is 0 Å². The van der Waals surface area contributed by atoms with E-state index in [1.54, 1.807) is 0 Å². The molecule has 1 fully saturated rings. The maximum atomic E-state index is 3.52. The van der Waals surface area contributed by atoms with Crippen molar-refractivity contribution in [1.29, 1.82) is 0 Å². The quantitative estimate of drug-likeness (QED) is 0.568. The molecule has 0 aliphatic heterocycles. The van der Waals surface area contributed by atoms with Crippen LogP contribution in [0.25, 0.3) is 0 Å². The third kappa shape index (κ3) is 8.10. The van der Waals surface area contributed by atoms with Crippen LogP contribution in [0, 0.1) is 11.8 Å². The van der Waals surface area contributed by atoms with Gasteiger partial charge in [0.25, 0.3) is 0 Å². The van der Waals surface area contributed by atoms with E-state index >= 15 is 0 Å². The van der Waals surface area contributed by atoms with Gasteiger partial charge in [0.1, 0.15) is 0 Å². The van der Waals surface area contributed by atoms with Crippen LogP contribution in [0.3, 0.4) is 0 Å². The summed E-state index contributed by atoms with van der Waals surface area (Å²) in [5.74, 6) is 1.81. The standard InChI is InChI=1S/C16H34N2/c1-15(2)13-17-11-6-4-5-7-12-18(3)14-16-9-8-10-16/h15-17H,4-14H2,1-3H3. The zero-order valence-electron chi connectivity index (χ0n) is 12.9. The summed E-state index contributed by atoms with van der Waals surface area (Å²) in [6.07, 6.45) is 9.95. The smallest absolute Gasteiger partial charge is 0.000661 e. The number of nitrogens with zero attached hydrogens (tertiary/aromatic N) is 1. The van der Waals surface area contributed by atoms with Gasteiger partial charge >= 0.3 is 0 Å². The molecule has 1 rings (SSSR count). The number of nitrogens with one attached hydrogen (secondary N) is 1. The molecule has 1 saturated carbocycles. The molecule has 1 aliphatic rings. The van der Waals surface area contributed by atoms with E-state index in [-0.39, 0.29) is 0 Å². The lowest BCUT2D eigenvalue weighted by molar-refractivity contribution is 0.203. The van der Waals surface area contributed by atoms with E-state index in [4.69, 9.17) is 0 Å². The molecule has 0 saturated heterocycles. The van der Waals surface area contributed by atoms with Crippen molar-refractivity contribution < 1.29 is 0 Å². The second-order valence-electron chi connectivity index (χ2n) is 6.57. The number of hydrogen-bond acceptors (Lipinski definition) is 2. The number of unbranched alkanes of at least 4 members (excludes halogenated alkanes) is 3. The van der Waals surface area contributed by atoms with Gasteiger partial charge in [-0.3, -0.25) is 0 Å². The lowest BCUT2D eigenvalue weighted by Crippen LogP contribution is -2.30. The van der Waals surface area contributed by atoms with E-state index < -0.39 is 0 Å². The summed E-state index contributed by atoms with van der Waals surface area (Å²) in [5.41, 5.74) is 0. The van der Waals surface area contributed by atoms with Crippen LogP contribution < -0.4 is 5.32 Å². The molecule has 0 spiro atoms. The van der Waals surface area contributed by atoms with E-state index in [0.717, 1.165) is 11.8 Å². The van der Waals surface area contributed by atoms with Crippen LogP contribution in [0.2, 0.25) is 0 Å². The van der Waals surface area contributed by atoms with Crippen LogP contribution in [0.15, 0.2) is 0 Å². The third-order valence-corrected chi connectivity index (χ3v) is 3.99. The number of rotatable bonds is 11. The van der Waals surface area contributed by atoms with Crippen molar-refractivity contribution in [3.05, 3.63) is 0 Å². The van der Waals surface area contributed by atoms with Gasteiger partial charge in [0.15, 0.2) is 0 Å². The van der Waals surface area contributed by atoms with Crippen molar-refractivity contribution in [2.45, 2.75) is 58.8 Å². The Hall–Kier alpha value is -0.0800. The molecule has 0 aromatic carbocycles. The van der Waals surface area contributed by atoms with E-state index in [0.29, 0.717) is 0 Å². The van der Waals surface area contributed by atoms with Crippen molar-refractivity contribution in [3.8, 4) is 0 Å². The Morgan fingerprint density at radius 3 is 2.44 bits per heavy atom. The van der Waals surface area contributed by atoms with Gasteiger partial charge < -0.3 is 10.2 Å². The van der Waals surface area contributed by atoms with Gasteiger partial charge in [-0.1, -0.05) is 33.1 Å². The van der Waals surface area contributed by atoms with Crippen LogP contribution in [0.4, 0.5) is 0 Å². The monoisotopic (exact) mass is 254 g/mol. The van der Waals surface area contributed by atoms with E-state index in [1.165, 1.54) is 71.1 Å². The summed E-state index contributed by atoms with van der Waals surface area (Å²) >= 11 is 0. The minimum atomic E-state index is 0.783. The summed E-state index contributed by atoms with van der Waals surface area (Å²) in [7, 11) is 2.29. The molecule has 0 unspecified atom stereocenters. The van der Waals surface area contributed by atoms with Crippen LogP contribution in [-0.2, 0) is 0 Å². The molecule has 0 aromatic heterocycles. The third-order valence-electron chi connectivity index (χ3n) is 3.99. The molecular weight excluding hydrogens is 220 g/mol. The molecule has 18 heavy (non-hydrogen) atoms. The predicted molar refractivity (Wildman–Crippen MR) is 81.0 cm³/mol. The Balaban J connectivity index is 1.77. The fraction of sp³-hybridized carbons (Fsp3) is 1.00. The molecule has 0 aromatic rings. The molecular formula is C16H34N2. The highest BCUT2D eigenvalue weighted by atomic mass is 15.1. The van der Waals surface area contributed by atoms with Gasteiger partial charge in [-0.25, -0.2) is 0 Å². The van der Waals surface area contributed by atoms with Gasteiger partial charge in [0.2, 0.25) is 0 Å². The average Bonchev–Trinajstić information content (AvgIpc) is 2.27. The van der Waals surface area contributed by atoms with Crippen LogP contribution in [0.1, 0.15) is 58.8 Å². The molecule has 1 aliphatic carbocycles. The second kappa shape index (κ2) is 9.80. The molecule has 0 bridgehead atoms. The van der Waals surface area contributed by atoms with Crippen LogP contribution >= 0.6 is 0 Å². The van der Waals surface area contributed by atoms with E-state index in [2.05, 4.69) is 31.1 Å². The lowest BCUT2D eigenvalue weighted by atomic mass is 9.85.